The van der Waals surface area contributed by atoms with Crippen molar-refractivity contribution in [1.29, 1.82) is 0 Å². The van der Waals surface area contributed by atoms with Gasteiger partial charge in [-0.05, 0) is 52.0 Å². The van der Waals surface area contributed by atoms with Crippen molar-refractivity contribution in [3.05, 3.63) is 56.4 Å². The van der Waals surface area contributed by atoms with Gasteiger partial charge in [0, 0.05) is 43.9 Å². The number of ether oxygens (including phenoxy) is 1. The van der Waals surface area contributed by atoms with Gasteiger partial charge in [0.05, 0.1) is 11.6 Å². The molecular weight excluding hydrogens is 384 g/mol. The molecule has 3 heterocycles. The lowest BCUT2D eigenvalue weighted by atomic mass is 9.83. The van der Waals surface area contributed by atoms with Gasteiger partial charge in [-0.1, -0.05) is 6.07 Å². The molecule has 0 saturated carbocycles. The summed E-state index contributed by atoms with van der Waals surface area (Å²) in [7, 11) is 1.56. The molecule has 0 amide bonds. The molecule has 0 radical (unpaired) electrons. The van der Waals surface area contributed by atoms with Gasteiger partial charge in [-0.3, -0.25) is 9.69 Å². The zero-order valence-electron chi connectivity index (χ0n) is 14.1. The van der Waals surface area contributed by atoms with Crippen LogP contribution in [0.25, 0.3) is 0 Å². The van der Waals surface area contributed by atoms with Gasteiger partial charge in [0.25, 0.3) is 5.56 Å². The molecule has 2 unspecified atom stereocenters. The van der Waals surface area contributed by atoms with E-state index >= 15 is 0 Å². The summed E-state index contributed by atoms with van der Waals surface area (Å²) in [6.45, 7) is 3.54. The van der Waals surface area contributed by atoms with E-state index in [0.717, 1.165) is 43.9 Å². The lowest BCUT2D eigenvalue weighted by molar-refractivity contribution is 0.114. The maximum absolute atomic E-state index is 12.1. The second kappa shape index (κ2) is 6.50. The fraction of sp³-hybridized carbons (Fsp3) is 0.421. The fourth-order valence-electron chi connectivity index (χ4n) is 4.26. The van der Waals surface area contributed by atoms with Gasteiger partial charge < -0.3 is 14.4 Å². The van der Waals surface area contributed by atoms with E-state index in [0.29, 0.717) is 22.1 Å². The van der Waals surface area contributed by atoms with Crippen molar-refractivity contribution in [2.24, 2.45) is 5.92 Å². The van der Waals surface area contributed by atoms with Gasteiger partial charge in [0.1, 0.15) is 0 Å². The first-order valence-corrected chi connectivity index (χ1v) is 9.32. The highest BCUT2D eigenvalue weighted by Gasteiger charge is 2.34. The van der Waals surface area contributed by atoms with Crippen LogP contribution in [0.1, 0.15) is 23.6 Å². The Hall–Kier alpha value is -1.79. The summed E-state index contributed by atoms with van der Waals surface area (Å²) in [5.41, 5.74) is 2.39. The summed E-state index contributed by atoms with van der Waals surface area (Å²) in [6, 6.07) is 9.45. The Labute approximate surface area is 155 Å². The van der Waals surface area contributed by atoms with Crippen LogP contribution in [0, 0.1) is 5.92 Å². The summed E-state index contributed by atoms with van der Waals surface area (Å²) in [6.07, 6.45) is 1.16. The highest BCUT2D eigenvalue weighted by molar-refractivity contribution is 9.10. The number of nitrogens with zero attached hydrogens (tertiary/aromatic N) is 2. The molecular formula is C19H21BrN2O3. The zero-order chi connectivity index (χ0) is 17.6. The first kappa shape index (κ1) is 16.7. The van der Waals surface area contributed by atoms with Crippen molar-refractivity contribution in [3.8, 4) is 11.5 Å². The van der Waals surface area contributed by atoms with E-state index in [1.807, 2.05) is 22.8 Å². The number of phenolic OH excluding ortho intramolecular Hbond substituents is 1. The lowest BCUT2D eigenvalue weighted by Gasteiger charge is -2.42. The number of methoxy groups -OCH3 is 1. The molecule has 2 aromatic rings. The number of aromatic nitrogens is 1. The normalized spacial score (nSPS) is 22.5. The number of phenols is 1. The molecule has 1 aromatic heterocycles. The number of piperidine rings is 1. The zero-order valence-corrected chi connectivity index (χ0v) is 15.7. The third-order valence-corrected chi connectivity index (χ3v) is 5.87. The Bertz CT molecular complexity index is 864. The fourth-order valence-corrected chi connectivity index (χ4v) is 4.75. The summed E-state index contributed by atoms with van der Waals surface area (Å²) in [5.74, 6) is 1.53. The van der Waals surface area contributed by atoms with Gasteiger partial charge in [0.2, 0.25) is 0 Å². The van der Waals surface area contributed by atoms with Crippen LogP contribution in [0.2, 0.25) is 0 Å². The maximum atomic E-state index is 12.1. The highest BCUT2D eigenvalue weighted by atomic mass is 79.9. The minimum absolute atomic E-state index is 0.118. The molecule has 2 aliphatic rings. The number of halogens is 1. The first-order valence-electron chi connectivity index (χ1n) is 8.52. The summed E-state index contributed by atoms with van der Waals surface area (Å²) in [5, 5.41) is 9.98. The molecule has 4 rings (SSSR count). The molecule has 1 fully saturated rings. The number of hydrogen-bond acceptors (Lipinski definition) is 4. The molecule has 2 bridgehead atoms. The largest absolute Gasteiger partial charge is 0.503 e. The monoisotopic (exact) mass is 404 g/mol. The average Bonchev–Trinajstić information content (AvgIpc) is 2.59. The second-order valence-corrected chi connectivity index (χ2v) is 7.88. The molecule has 2 aliphatic heterocycles. The van der Waals surface area contributed by atoms with Crippen LogP contribution in [0.4, 0.5) is 0 Å². The minimum atomic E-state index is 0.118. The molecule has 25 heavy (non-hydrogen) atoms. The number of aromatic hydroxyl groups is 1. The van der Waals surface area contributed by atoms with Crippen LogP contribution in [0.15, 0.2) is 39.6 Å². The molecule has 2 atom stereocenters. The Kier molecular flexibility index (Phi) is 4.33. The molecule has 5 nitrogen and oxygen atoms in total. The smallest absolute Gasteiger partial charge is 0.250 e. The SMILES string of the molecule is COc1cc(CN2CC3CC(C2)c2cccc(=O)n2C3)cc(Br)c1O. The lowest BCUT2D eigenvalue weighted by Crippen LogP contribution is -2.46. The van der Waals surface area contributed by atoms with Crippen molar-refractivity contribution in [3.63, 3.8) is 0 Å². The third-order valence-electron chi connectivity index (χ3n) is 5.27. The van der Waals surface area contributed by atoms with Crippen LogP contribution < -0.4 is 10.3 Å². The first-order chi connectivity index (χ1) is 12.0. The Morgan fingerprint density at radius 2 is 2.12 bits per heavy atom. The summed E-state index contributed by atoms with van der Waals surface area (Å²) in [4.78, 5) is 14.6. The van der Waals surface area contributed by atoms with Crippen molar-refractivity contribution in [1.82, 2.24) is 9.47 Å². The Morgan fingerprint density at radius 1 is 1.28 bits per heavy atom. The summed E-state index contributed by atoms with van der Waals surface area (Å²) < 4.78 is 7.86. The summed E-state index contributed by atoms with van der Waals surface area (Å²) >= 11 is 3.39. The van der Waals surface area contributed by atoms with Crippen LogP contribution in [0.3, 0.4) is 0 Å². The number of pyridine rings is 1. The minimum Gasteiger partial charge on any atom is -0.503 e. The van der Waals surface area contributed by atoms with Crippen LogP contribution in [-0.4, -0.2) is 34.8 Å². The molecule has 6 heteroatoms. The number of rotatable bonds is 3. The van der Waals surface area contributed by atoms with Gasteiger partial charge in [-0.25, -0.2) is 0 Å². The van der Waals surface area contributed by atoms with Gasteiger partial charge in [-0.2, -0.15) is 0 Å². The second-order valence-electron chi connectivity index (χ2n) is 7.02. The van der Waals surface area contributed by atoms with E-state index in [1.165, 1.54) is 0 Å². The molecule has 0 spiro atoms. The Morgan fingerprint density at radius 3 is 2.92 bits per heavy atom. The van der Waals surface area contributed by atoms with E-state index < -0.39 is 0 Å². The number of hydrogen-bond donors (Lipinski definition) is 1. The average molecular weight is 405 g/mol. The topological polar surface area (TPSA) is 54.7 Å². The van der Waals surface area contributed by atoms with Crippen molar-refractivity contribution >= 4 is 15.9 Å². The van der Waals surface area contributed by atoms with Crippen LogP contribution in [0.5, 0.6) is 11.5 Å². The third kappa shape index (κ3) is 3.09. The van der Waals surface area contributed by atoms with Crippen molar-refractivity contribution in [2.45, 2.75) is 25.4 Å². The maximum Gasteiger partial charge on any atom is 0.250 e. The van der Waals surface area contributed by atoms with Crippen LogP contribution >= 0.6 is 15.9 Å². The molecule has 1 saturated heterocycles. The van der Waals surface area contributed by atoms with Gasteiger partial charge in [0.15, 0.2) is 11.5 Å². The number of likely N-dealkylation sites (tertiary alicyclic amines) is 1. The van der Waals surface area contributed by atoms with Crippen molar-refractivity contribution in [2.75, 3.05) is 20.2 Å². The van der Waals surface area contributed by atoms with Gasteiger partial charge >= 0.3 is 0 Å². The predicted octanol–water partition coefficient (Wildman–Crippen LogP) is 2.94. The highest BCUT2D eigenvalue weighted by Crippen LogP contribution is 2.38. The number of benzene rings is 1. The van der Waals surface area contributed by atoms with E-state index in [4.69, 9.17) is 4.74 Å². The van der Waals surface area contributed by atoms with E-state index in [1.54, 1.807) is 13.2 Å². The number of fused-ring (bicyclic) bond motifs is 4. The van der Waals surface area contributed by atoms with E-state index in [9.17, 15) is 9.90 Å². The van der Waals surface area contributed by atoms with E-state index in [2.05, 4.69) is 26.9 Å². The van der Waals surface area contributed by atoms with E-state index in [-0.39, 0.29) is 11.3 Å². The van der Waals surface area contributed by atoms with Crippen LogP contribution in [-0.2, 0) is 13.1 Å². The van der Waals surface area contributed by atoms with Crippen molar-refractivity contribution < 1.29 is 9.84 Å². The molecule has 1 aromatic carbocycles. The molecule has 0 aliphatic carbocycles. The van der Waals surface area contributed by atoms with Gasteiger partial charge in [-0.15, -0.1) is 0 Å². The quantitative estimate of drug-likeness (QED) is 0.854. The standard InChI is InChI=1S/C19H21BrN2O3/c1-25-17-7-12(6-15(20)19(17)24)8-21-9-13-5-14(11-21)16-3-2-4-18(23)22(16)10-13/h2-4,6-7,13-14,24H,5,8-11H2,1H3. The molecule has 132 valence electrons. The predicted molar refractivity (Wildman–Crippen MR) is 99.2 cm³/mol. The molecule has 1 N–H and O–H groups in total. The Balaban J connectivity index is 1.57.